The van der Waals surface area contributed by atoms with Crippen molar-refractivity contribution in [3.63, 3.8) is 0 Å². The van der Waals surface area contributed by atoms with Gasteiger partial charge in [-0.1, -0.05) is 13.8 Å². The predicted molar refractivity (Wildman–Crippen MR) is 52.4 cm³/mol. The molecule has 3 nitrogen and oxygen atoms in total. The van der Waals surface area contributed by atoms with Crippen LogP contribution in [0.25, 0.3) is 0 Å². The first-order valence-corrected chi connectivity index (χ1v) is 4.78. The van der Waals surface area contributed by atoms with Gasteiger partial charge in [-0.05, 0) is 18.9 Å². The highest BCUT2D eigenvalue weighted by Crippen LogP contribution is 2.03. The summed E-state index contributed by atoms with van der Waals surface area (Å²) >= 11 is 0. The Hall–Kier alpha value is -0.830. The Kier molecular flexibility index (Phi) is 3.48. The lowest BCUT2D eigenvalue weighted by Crippen LogP contribution is -2.08. The minimum absolute atomic E-state index is 0.303. The van der Waals surface area contributed by atoms with E-state index in [0.717, 1.165) is 12.2 Å². The van der Waals surface area contributed by atoms with E-state index in [2.05, 4.69) is 18.9 Å². The smallest absolute Gasteiger partial charge is 0.0650 e. The molecule has 0 unspecified atom stereocenters. The van der Waals surface area contributed by atoms with E-state index in [1.807, 2.05) is 16.9 Å². The van der Waals surface area contributed by atoms with Gasteiger partial charge < -0.3 is 5.11 Å². The molecule has 0 saturated carbocycles. The maximum Gasteiger partial charge on any atom is 0.0650 e. The summed E-state index contributed by atoms with van der Waals surface area (Å²) in [7, 11) is 0. The van der Waals surface area contributed by atoms with Crippen molar-refractivity contribution in [2.45, 2.75) is 39.8 Å². The molecule has 74 valence electrons. The minimum Gasteiger partial charge on any atom is -0.393 e. The predicted octanol–water partition coefficient (Wildman–Crippen LogP) is 1.46. The fraction of sp³-hybridized carbons (Fsp3) is 0.700. The Bertz CT molecular complexity index is 229. The summed E-state index contributed by atoms with van der Waals surface area (Å²) < 4.78 is 1.93. The molecular weight excluding hydrogens is 164 g/mol. The van der Waals surface area contributed by atoms with Crippen LogP contribution in [0.15, 0.2) is 12.3 Å². The largest absolute Gasteiger partial charge is 0.393 e. The number of aliphatic hydroxyl groups is 1. The maximum atomic E-state index is 9.15. The number of rotatable bonds is 4. The molecule has 3 heteroatoms. The summed E-state index contributed by atoms with van der Waals surface area (Å²) in [5.74, 6) is 0.610. The van der Waals surface area contributed by atoms with Crippen molar-refractivity contribution < 1.29 is 5.11 Å². The van der Waals surface area contributed by atoms with Crippen molar-refractivity contribution in [2.24, 2.45) is 5.92 Å². The molecule has 1 aromatic rings. The Morgan fingerprint density at radius 1 is 1.46 bits per heavy atom. The van der Waals surface area contributed by atoms with E-state index < -0.39 is 0 Å². The monoisotopic (exact) mass is 182 g/mol. The number of hydrogen-bond acceptors (Lipinski definition) is 2. The van der Waals surface area contributed by atoms with E-state index >= 15 is 0 Å². The van der Waals surface area contributed by atoms with Gasteiger partial charge in [0.25, 0.3) is 0 Å². The SMILES string of the molecule is CC(C)Cn1ccc(C[C@H](C)O)n1. The molecule has 1 rings (SSSR count). The van der Waals surface area contributed by atoms with Crippen molar-refractivity contribution in [1.82, 2.24) is 9.78 Å². The van der Waals surface area contributed by atoms with Crippen LogP contribution >= 0.6 is 0 Å². The van der Waals surface area contributed by atoms with Gasteiger partial charge in [-0.3, -0.25) is 4.68 Å². The number of nitrogens with zero attached hydrogens (tertiary/aromatic N) is 2. The Labute approximate surface area is 79.4 Å². The number of aromatic nitrogens is 2. The second kappa shape index (κ2) is 4.42. The van der Waals surface area contributed by atoms with Gasteiger partial charge in [-0.15, -0.1) is 0 Å². The van der Waals surface area contributed by atoms with Crippen molar-refractivity contribution >= 4 is 0 Å². The highest BCUT2D eigenvalue weighted by atomic mass is 16.3. The molecule has 13 heavy (non-hydrogen) atoms. The summed E-state index contributed by atoms with van der Waals surface area (Å²) in [6, 6.07) is 1.97. The van der Waals surface area contributed by atoms with Gasteiger partial charge in [-0.2, -0.15) is 5.10 Å². The molecule has 1 aromatic heterocycles. The van der Waals surface area contributed by atoms with Crippen LogP contribution in [-0.4, -0.2) is 21.0 Å². The van der Waals surface area contributed by atoms with Gasteiger partial charge in [0.15, 0.2) is 0 Å². The molecule has 0 aromatic carbocycles. The second-order valence-electron chi connectivity index (χ2n) is 3.98. The molecular formula is C10H18N2O. The fourth-order valence-electron chi connectivity index (χ4n) is 1.29. The van der Waals surface area contributed by atoms with Crippen molar-refractivity contribution in [1.29, 1.82) is 0 Å². The lowest BCUT2D eigenvalue weighted by Gasteiger charge is -2.04. The lowest BCUT2D eigenvalue weighted by atomic mass is 10.2. The molecule has 1 heterocycles. The van der Waals surface area contributed by atoms with Crippen LogP contribution in [0, 0.1) is 5.92 Å². The zero-order chi connectivity index (χ0) is 9.84. The minimum atomic E-state index is -0.303. The van der Waals surface area contributed by atoms with E-state index in [1.165, 1.54) is 0 Å². The van der Waals surface area contributed by atoms with Crippen LogP contribution in [0.3, 0.4) is 0 Å². The molecule has 1 N–H and O–H groups in total. The first-order chi connectivity index (χ1) is 6.08. The molecule has 0 fully saturated rings. The van der Waals surface area contributed by atoms with Crippen molar-refractivity contribution in [3.8, 4) is 0 Å². The highest BCUT2D eigenvalue weighted by Gasteiger charge is 2.03. The number of aliphatic hydroxyl groups excluding tert-OH is 1. The zero-order valence-corrected chi connectivity index (χ0v) is 8.57. The molecule has 0 bridgehead atoms. The quantitative estimate of drug-likeness (QED) is 0.765. The Balaban J connectivity index is 2.53. The van der Waals surface area contributed by atoms with Crippen molar-refractivity contribution in [3.05, 3.63) is 18.0 Å². The summed E-state index contributed by atoms with van der Waals surface area (Å²) in [6.07, 6.45) is 2.31. The first-order valence-electron chi connectivity index (χ1n) is 4.78. The fourth-order valence-corrected chi connectivity index (χ4v) is 1.29. The summed E-state index contributed by atoms with van der Waals surface area (Å²) in [4.78, 5) is 0. The Morgan fingerprint density at radius 3 is 2.69 bits per heavy atom. The van der Waals surface area contributed by atoms with E-state index in [1.54, 1.807) is 6.92 Å². The Morgan fingerprint density at radius 2 is 2.15 bits per heavy atom. The van der Waals surface area contributed by atoms with E-state index in [9.17, 15) is 0 Å². The van der Waals surface area contributed by atoms with Crippen LogP contribution in [0.1, 0.15) is 26.5 Å². The van der Waals surface area contributed by atoms with E-state index in [0.29, 0.717) is 12.3 Å². The summed E-state index contributed by atoms with van der Waals surface area (Å²) in [6.45, 7) is 7.05. The molecule has 0 saturated heterocycles. The number of hydrogen-bond donors (Lipinski definition) is 1. The van der Waals surface area contributed by atoms with Gasteiger partial charge in [0.1, 0.15) is 0 Å². The standard InChI is InChI=1S/C10H18N2O/c1-8(2)7-12-5-4-10(11-12)6-9(3)13/h4-5,8-9,13H,6-7H2,1-3H3/t9-/m0/s1. The van der Waals surface area contributed by atoms with Gasteiger partial charge in [0.05, 0.1) is 11.8 Å². The average molecular weight is 182 g/mol. The third-order valence-electron chi connectivity index (χ3n) is 1.75. The third kappa shape index (κ3) is 3.59. The van der Waals surface area contributed by atoms with Crippen molar-refractivity contribution in [2.75, 3.05) is 0 Å². The normalized spacial score (nSPS) is 13.6. The molecule has 0 radical (unpaired) electrons. The van der Waals surface area contributed by atoms with Crippen LogP contribution in [0.2, 0.25) is 0 Å². The first kappa shape index (κ1) is 10.3. The molecule has 0 aliphatic heterocycles. The molecule has 0 aliphatic carbocycles. The average Bonchev–Trinajstić information content (AvgIpc) is 2.33. The molecule has 1 atom stereocenters. The van der Waals surface area contributed by atoms with Crippen LogP contribution in [0.4, 0.5) is 0 Å². The molecule has 0 aliphatic rings. The van der Waals surface area contributed by atoms with Crippen LogP contribution in [0.5, 0.6) is 0 Å². The third-order valence-corrected chi connectivity index (χ3v) is 1.75. The highest BCUT2D eigenvalue weighted by molar-refractivity contribution is 5.00. The van der Waals surface area contributed by atoms with Gasteiger partial charge in [0.2, 0.25) is 0 Å². The summed E-state index contributed by atoms with van der Waals surface area (Å²) in [5.41, 5.74) is 0.968. The maximum absolute atomic E-state index is 9.15. The topological polar surface area (TPSA) is 38.0 Å². The summed E-state index contributed by atoms with van der Waals surface area (Å²) in [5, 5.41) is 13.5. The van der Waals surface area contributed by atoms with Gasteiger partial charge in [0, 0.05) is 19.2 Å². The zero-order valence-electron chi connectivity index (χ0n) is 8.57. The second-order valence-corrected chi connectivity index (χ2v) is 3.98. The van der Waals surface area contributed by atoms with E-state index in [-0.39, 0.29) is 6.10 Å². The van der Waals surface area contributed by atoms with E-state index in [4.69, 9.17) is 5.11 Å². The van der Waals surface area contributed by atoms with Crippen LogP contribution in [-0.2, 0) is 13.0 Å². The van der Waals surface area contributed by atoms with Crippen LogP contribution < -0.4 is 0 Å². The lowest BCUT2D eigenvalue weighted by molar-refractivity contribution is 0.194. The molecule has 0 spiro atoms. The molecule has 0 amide bonds. The van der Waals surface area contributed by atoms with Gasteiger partial charge in [-0.25, -0.2) is 0 Å². The van der Waals surface area contributed by atoms with Gasteiger partial charge >= 0.3 is 0 Å².